The fourth-order valence-corrected chi connectivity index (χ4v) is 1.25. The van der Waals surface area contributed by atoms with Crippen LogP contribution in [0.3, 0.4) is 0 Å². The second-order valence-electron chi connectivity index (χ2n) is 3.57. The summed E-state index contributed by atoms with van der Waals surface area (Å²) in [4.78, 5) is 28.5. The molecule has 0 aromatic carbocycles. The third kappa shape index (κ3) is 4.98. The van der Waals surface area contributed by atoms with Gasteiger partial charge in [-0.1, -0.05) is 0 Å². The van der Waals surface area contributed by atoms with Crippen LogP contribution in [-0.4, -0.2) is 36.1 Å². The molecule has 0 aliphatic heterocycles. The van der Waals surface area contributed by atoms with Gasteiger partial charge in [0.2, 0.25) is 5.95 Å². The summed E-state index contributed by atoms with van der Waals surface area (Å²) >= 11 is 0. The maximum absolute atomic E-state index is 12.6. The van der Waals surface area contributed by atoms with E-state index in [4.69, 9.17) is 0 Å². The van der Waals surface area contributed by atoms with Crippen LogP contribution < -0.4 is 0 Å². The summed E-state index contributed by atoms with van der Waals surface area (Å²) in [5, 5.41) is 0. The predicted molar refractivity (Wildman–Crippen MR) is 71.1 cm³/mol. The number of esters is 2. The minimum Gasteiger partial charge on any atom is -0.465 e. The maximum atomic E-state index is 12.6. The molecule has 2 aromatic heterocycles. The molecule has 0 saturated carbocycles. The molecule has 0 bridgehead atoms. The highest BCUT2D eigenvalue weighted by atomic mass is 19.1. The quantitative estimate of drug-likeness (QED) is 0.621. The molecular weight excluding hydrogens is 279 g/mol. The summed E-state index contributed by atoms with van der Waals surface area (Å²) in [6, 6.07) is 6.12. The molecule has 0 spiro atoms. The van der Waals surface area contributed by atoms with Crippen molar-refractivity contribution in [3.8, 4) is 0 Å². The molecule has 0 radical (unpaired) electrons. The average Bonchev–Trinajstić information content (AvgIpc) is 2.55. The number of hydrogen-bond donors (Lipinski definition) is 0. The molecule has 0 N–H and O–H groups in total. The van der Waals surface area contributed by atoms with Crippen molar-refractivity contribution >= 4 is 11.9 Å². The van der Waals surface area contributed by atoms with E-state index in [1.165, 1.54) is 38.7 Å². The third-order valence-corrected chi connectivity index (χ3v) is 2.25. The number of halogens is 1. The van der Waals surface area contributed by atoms with E-state index in [0.717, 1.165) is 0 Å². The van der Waals surface area contributed by atoms with E-state index in [-0.39, 0.29) is 11.5 Å². The van der Waals surface area contributed by atoms with Gasteiger partial charge in [-0.05, 0) is 24.3 Å². The molecule has 2 aromatic rings. The summed E-state index contributed by atoms with van der Waals surface area (Å²) in [7, 11) is 2.53. The van der Waals surface area contributed by atoms with E-state index in [9.17, 15) is 14.0 Å². The Bertz CT molecular complexity index is 605. The molecule has 0 amide bonds. The Morgan fingerprint density at radius 2 is 1.71 bits per heavy atom. The Hall–Kier alpha value is -2.83. The third-order valence-electron chi connectivity index (χ3n) is 2.25. The van der Waals surface area contributed by atoms with Crippen LogP contribution >= 0.6 is 0 Å². The average molecular weight is 292 g/mol. The van der Waals surface area contributed by atoms with Crippen LogP contribution in [-0.2, 0) is 9.47 Å². The van der Waals surface area contributed by atoms with E-state index < -0.39 is 11.9 Å². The molecule has 2 rings (SSSR count). The van der Waals surface area contributed by atoms with E-state index in [1.54, 1.807) is 18.3 Å². The van der Waals surface area contributed by atoms with Gasteiger partial charge in [-0.3, -0.25) is 4.98 Å². The second-order valence-corrected chi connectivity index (χ2v) is 3.57. The van der Waals surface area contributed by atoms with Gasteiger partial charge < -0.3 is 9.47 Å². The molecule has 0 atom stereocenters. The van der Waals surface area contributed by atoms with Gasteiger partial charge in [0.25, 0.3) is 0 Å². The number of aromatic nitrogens is 2. The van der Waals surface area contributed by atoms with Crippen LogP contribution in [0.4, 0.5) is 4.39 Å². The Labute approximate surface area is 120 Å². The standard InChI is InChI=1S/C7H6FNO2.C7H7NO2/c1-11-7(10)5-3-2-4-9-6(5)8;1-10-7(9)6-3-2-4-8-5-6/h2-4H,1H3;2-5H,1H3. The van der Waals surface area contributed by atoms with Crippen molar-refractivity contribution in [3.63, 3.8) is 0 Å². The first kappa shape index (κ1) is 16.2. The van der Waals surface area contributed by atoms with Gasteiger partial charge in [-0.25, -0.2) is 14.6 Å². The number of ether oxygens (including phenoxy) is 2. The van der Waals surface area contributed by atoms with Crippen molar-refractivity contribution in [1.82, 2.24) is 9.97 Å². The normalized spacial score (nSPS) is 9.10. The van der Waals surface area contributed by atoms with Crippen LogP contribution in [0, 0.1) is 5.95 Å². The highest BCUT2D eigenvalue weighted by Crippen LogP contribution is 2.03. The van der Waals surface area contributed by atoms with Crippen LogP contribution in [0.2, 0.25) is 0 Å². The molecule has 7 heteroatoms. The van der Waals surface area contributed by atoms with Crippen molar-refractivity contribution < 1.29 is 23.5 Å². The van der Waals surface area contributed by atoms with Crippen molar-refractivity contribution in [1.29, 1.82) is 0 Å². The molecule has 0 unspecified atom stereocenters. The molecular formula is C14H13FN2O4. The van der Waals surface area contributed by atoms with E-state index in [2.05, 4.69) is 19.4 Å². The number of rotatable bonds is 2. The van der Waals surface area contributed by atoms with Crippen LogP contribution in [0.1, 0.15) is 20.7 Å². The van der Waals surface area contributed by atoms with E-state index in [0.29, 0.717) is 5.56 Å². The van der Waals surface area contributed by atoms with E-state index >= 15 is 0 Å². The van der Waals surface area contributed by atoms with Gasteiger partial charge in [0.15, 0.2) is 0 Å². The summed E-state index contributed by atoms with van der Waals surface area (Å²) in [5.41, 5.74) is 0.333. The predicted octanol–water partition coefficient (Wildman–Crippen LogP) is 1.88. The summed E-state index contributed by atoms with van der Waals surface area (Å²) in [5.74, 6) is -1.87. The number of methoxy groups -OCH3 is 2. The van der Waals surface area contributed by atoms with Crippen molar-refractivity contribution in [3.05, 3.63) is 59.9 Å². The largest absolute Gasteiger partial charge is 0.465 e. The SMILES string of the molecule is COC(=O)c1cccnc1.COC(=O)c1cccnc1F. The van der Waals surface area contributed by atoms with Gasteiger partial charge in [0, 0.05) is 18.6 Å². The smallest absolute Gasteiger partial charge is 0.342 e. The van der Waals surface area contributed by atoms with Crippen LogP contribution in [0.15, 0.2) is 42.9 Å². The number of pyridine rings is 2. The van der Waals surface area contributed by atoms with E-state index in [1.807, 2.05) is 0 Å². The second kappa shape index (κ2) is 8.36. The number of carbonyl (C=O) groups is 2. The van der Waals surface area contributed by atoms with Gasteiger partial charge in [-0.15, -0.1) is 0 Å². The minimum absolute atomic E-state index is 0.144. The number of carbonyl (C=O) groups excluding carboxylic acids is 2. The molecule has 0 saturated heterocycles. The molecule has 2 heterocycles. The van der Waals surface area contributed by atoms with Crippen LogP contribution in [0.5, 0.6) is 0 Å². The summed E-state index contributed by atoms with van der Waals surface area (Å²) < 4.78 is 21.4. The zero-order valence-corrected chi connectivity index (χ0v) is 11.4. The van der Waals surface area contributed by atoms with Crippen molar-refractivity contribution in [2.24, 2.45) is 0 Å². The maximum Gasteiger partial charge on any atom is 0.342 e. The van der Waals surface area contributed by atoms with Crippen molar-refractivity contribution in [2.45, 2.75) is 0 Å². The Morgan fingerprint density at radius 1 is 1.05 bits per heavy atom. The van der Waals surface area contributed by atoms with Crippen molar-refractivity contribution in [2.75, 3.05) is 14.2 Å². The first-order valence-electron chi connectivity index (χ1n) is 5.77. The fourth-order valence-electron chi connectivity index (χ4n) is 1.25. The van der Waals surface area contributed by atoms with Gasteiger partial charge in [0.1, 0.15) is 5.56 Å². The van der Waals surface area contributed by atoms with Crippen LogP contribution in [0.25, 0.3) is 0 Å². The molecule has 0 aliphatic rings. The number of hydrogen-bond acceptors (Lipinski definition) is 6. The molecule has 0 aliphatic carbocycles. The Kier molecular flexibility index (Phi) is 6.46. The van der Waals surface area contributed by atoms with Gasteiger partial charge in [-0.2, -0.15) is 4.39 Å². The lowest BCUT2D eigenvalue weighted by Crippen LogP contribution is -2.04. The molecule has 6 nitrogen and oxygen atoms in total. The van der Waals surface area contributed by atoms with Gasteiger partial charge in [0.05, 0.1) is 19.8 Å². The molecule has 0 fully saturated rings. The lowest BCUT2D eigenvalue weighted by molar-refractivity contribution is 0.0587. The summed E-state index contributed by atoms with van der Waals surface area (Å²) in [6.07, 6.45) is 4.33. The Morgan fingerprint density at radius 3 is 2.24 bits per heavy atom. The Balaban J connectivity index is 0.000000211. The highest BCUT2D eigenvalue weighted by Gasteiger charge is 2.10. The first-order chi connectivity index (χ1) is 10.1. The minimum atomic E-state index is -0.806. The highest BCUT2D eigenvalue weighted by molar-refractivity contribution is 5.89. The zero-order valence-electron chi connectivity index (χ0n) is 11.4. The monoisotopic (exact) mass is 292 g/mol. The molecule has 21 heavy (non-hydrogen) atoms. The number of nitrogens with zero attached hydrogens (tertiary/aromatic N) is 2. The fraction of sp³-hybridized carbons (Fsp3) is 0.143. The topological polar surface area (TPSA) is 78.4 Å². The lowest BCUT2D eigenvalue weighted by Gasteiger charge is -1.97. The molecule has 110 valence electrons. The zero-order chi connectivity index (χ0) is 15.7. The first-order valence-corrected chi connectivity index (χ1v) is 5.77. The lowest BCUT2D eigenvalue weighted by atomic mass is 10.3. The van der Waals surface area contributed by atoms with Gasteiger partial charge >= 0.3 is 11.9 Å². The summed E-state index contributed by atoms with van der Waals surface area (Å²) in [6.45, 7) is 0.